The molecule has 0 spiro atoms. The highest BCUT2D eigenvalue weighted by atomic mass is 35.5. The van der Waals surface area contributed by atoms with Gasteiger partial charge in [0.1, 0.15) is 0 Å². The number of nitrogens with zero attached hydrogens (tertiary/aromatic N) is 1. The summed E-state index contributed by atoms with van der Waals surface area (Å²) in [6.45, 7) is 0.896. The molecule has 1 aliphatic heterocycles. The first kappa shape index (κ1) is 15.6. The minimum Gasteiger partial charge on any atom is -0.383 e. The van der Waals surface area contributed by atoms with E-state index in [2.05, 4.69) is 0 Å². The fraction of sp³-hybridized carbons (Fsp3) is 1.00. The molecule has 4 nitrogen and oxygen atoms in total. The molecule has 7 heteroatoms. The van der Waals surface area contributed by atoms with Crippen LogP contribution >= 0.6 is 23.4 Å². The van der Waals surface area contributed by atoms with Crippen LogP contribution in [0.3, 0.4) is 0 Å². The van der Waals surface area contributed by atoms with Crippen molar-refractivity contribution in [1.82, 2.24) is 4.31 Å². The summed E-state index contributed by atoms with van der Waals surface area (Å²) in [6.07, 6.45) is 1.45. The van der Waals surface area contributed by atoms with Crippen LogP contribution in [0.25, 0.3) is 0 Å². The van der Waals surface area contributed by atoms with Gasteiger partial charge < -0.3 is 4.74 Å². The van der Waals surface area contributed by atoms with E-state index in [1.807, 2.05) is 11.8 Å². The Kier molecular flexibility index (Phi) is 7.18. The average Bonchev–Trinajstić information content (AvgIpc) is 2.80. The van der Waals surface area contributed by atoms with Gasteiger partial charge in [-0.3, -0.25) is 0 Å². The van der Waals surface area contributed by atoms with E-state index in [0.29, 0.717) is 25.5 Å². The summed E-state index contributed by atoms with van der Waals surface area (Å²) in [4.78, 5) is 0. The van der Waals surface area contributed by atoms with E-state index in [1.165, 1.54) is 0 Å². The van der Waals surface area contributed by atoms with Gasteiger partial charge in [-0.1, -0.05) is 0 Å². The topological polar surface area (TPSA) is 46.6 Å². The second-order valence-corrected chi connectivity index (χ2v) is 7.55. The van der Waals surface area contributed by atoms with Crippen LogP contribution in [0, 0.1) is 0 Å². The van der Waals surface area contributed by atoms with Gasteiger partial charge in [-0.05, 0) is 18.6 Å². The quantitative estimate of drug-likeness (QED) is 0.636. The Balaban J connectivity index is 2.66. The normalized spacial score (nSPS) is 21.2. The third-order valence-corrected chi connectivity index (χ3v) is 6.13. The Hall–Kier alpha value is 0.510. The number of hydrogen-bond acceptors (Lipinski definition) is 4. The number of rotatable bonds is 8. The highest BCUT2D eigenvalue weighted by Gasteiger charge is 2.31. The van der Waals surface area contributed by atoms with Crippen LogP contribution in [0.15, 0.2) is 0 Å². The number of ether oxygens (including phenoxy) is 1. The molecule has 0 amide bonds. The average molecular weight is 302 g/mol. The van der Waals surface area contributed by atoms with E-state index in [4.69, 9.17) is 16.3 Å². The van der Waals surface area contributed by atoms with Crippen molar-refractivity contribution in [2.24, 2.45) is 0 Å². The van der Waals surface area contributed by atoms with Crippen LogP contribution in [0.1, 0.15) is 12.8 Å². The standard InChI is InChI=1S/C10H20ClNO3S2/c1-15-6-5-12(10-3-7-16-9-10)17(13,14)8-2-4-11/h10H,2-9H2,1H3. The summed E-state index contributed by atoms with van der Waals surface area (Å²) in [6, 6.07) is 0.135. The van der Waals surface area contributed by atoms with E-state index in [9.17, 15) is 8.42 Å². The van der Waals surface area contributed by atoms with Crippen LogP contribution < -0.4 is 0 Å². The predicted molar refractivity (Wildman–Crippen MR) is 73.4 cm³/mol. The molecule has 1 fully saturated rings. The Bertz CT molecular complexity index is 305. The van der Waals surface area contributed by atoms with Gasteiger partial charge in [-0.2, -0.15) is 16.1 Å². The third-order valence-electron chi connectivity index (χ3n) is 2.72. The van der Waals surface area contributed by atoms with Gasteiger partial charge in [-0.15, -0.1) is 11.6 Å². The molecular formula is C10H20ClNO3S2. The summed E-state index contributed by atoms with van der Waals surface area (Å²) >= 11 is 7.38. The molecule has 0 aromatic heterocycles. The van der Waals surface area contributed by atoms with E-state index in [1.54, 1.807) is 11.4 Å². The molecule has 1 heterocycles. The molecule has 0 aliphatic carbocycles. The second kappa shape index (κ2) is 7.84. The summed E-state index contributed by atoms with van der Waals surface area (Å²) in [7, 11) is -1.59. The maximum absolute atomic E-state index is 12.2. The molecule has 102 valence electrons. The lowest BCUT2D eigenvalue weighted by atomic mass is 10.3. The Labute approximate surface area is 113 Å². The molecule has 1 unspecified atom stereocenters. The van der Waals surface area contributed by atoms with Crippen LogP contribution in [-0.2, 0) is 14.8 Å². The number of halogens is 1. The number of thioether (sulfide) groups is 1. The second-order valence-electron chi connectivity index (χ2n) is 3.98. The van der Waals surface area contributed by atoms with E-state index >= 15 is 0 Å². The van der Waals surface area contributed by atoms with E-state index < -0.39 is 10.0 Å². The maximum atomic E-state index is 12.2. The van der Waals surface area contributed by atoms with Gasteiger partial charge in [0, 0.05) is 31.3 Å². The molecule has 0 radical (unpaired) electrons. The number of sulfonamides is 1. The zero-order valence-corrected chi connectivity index (χ0v) is 12.5. The van der Waals surface area contributed by atoms with Gasteiger partial charge in [0.25, 0.3) is 0 Å². The number of alkyl halides is 1. The molecule has 0 aromatic rings. The fourth-order valence-electron chi connectivity index (χ4n) is 1.83. The highest BCUT2D eigenvalue weighted by molar-refractivity contribution is 7.99. The van der Waals surface area contributed by atoms with Gasteiger partial charge >= 0.3 is 0 Å². The van der Waals surface area contributed by atoms with Crippen LogP contribution in [0.5, 0.6) is 0 Å². The monoisotopic (exact) mass is 301 g/mol. The Morgan fingerprint density at radius 1 is 1.53 bits per heavy atom. The summed E-state index contributed by atoms with van der Waals surface area (Å²) in [5, 5.41) is 0. The van der Waals surface area contributed by atoms with Crippen molar-refractivity contribution in [3.63, 3.8) is 0 Å². The lowest BCUT2D eigenvalue weighted by Gasteiger charge is -2.27. The lowest BCUT2D eigenvalue weighted by Crippen LogP contribution is -2.43. The summed E-state index contributed by atoms with van der Waals surface area (Å²) in [5.41, 5.74) is 0. The zero-order valence-electron chi connectivity index (χ0n) is 10.1. The number of methoxy groups -OCH3 is 1. The van der Waals surface area contributed by atoms with Crippen molar-refractivity contribution in [2.75, 3.05) is 43.4 Å². The minimum absolute atomic E-state index is 0.135. The van der Waals surface area contributed by atoms with Crippen LogP contribution in [0.2, 0.25) is 0 Å². The Morgan fingerprint density at radius 3 is 2.82 bits per heavy atom. The largest absolute Gasteiger partial charge is 0.383 e. The minimum atomic E-state index is -3.18. The van der Waals surface area contributed by atoms with Crippen molar-refractivity contribution in [3.05, 3.63) is 0 Å². The van der Waals surface area contributed by atoms with Crippen molar-refractivity contribution >= 4 is 33.4 Å². The molecule has 1 rings (SSSR count). The molecule has 0 N–H and O–H groups in total. The Morgan fingerprint density at radius 2 is 2.29 bits per heavy atom. The smallest absolute Gasteiger partial charge is 0.214 e. The highest BCUT2D eigenvalue weighted by Crippen LogP contribution is 2.24. The van der Waals surface area contributed by atoms with E-state index in [0.717, 1.165) is 17.9 Å². The predicted octanol–water partition coefficient (Wildman–Crippen LogP) is 1.40. The van der Waals surface area contributed by atoms with Crippen molar-refractivity contribution in [3.8, 4) is 0 Å². The molecule has 0 aromatic carbocycles. The molecule has 1 saturated heterocycles. The summed E-state index contributed by atoms with van der Waals surface area (Å²) in [5.74, 6) is 2.46. The molecular weight excluding hydrogens is 282 g/mol. The number of hydrogen-bond donors (Lipinski definition) is 0. The van der Waals surface area contributed by atoms with Crippen LogP contribution in [-0.4, -0.2) is 62.2 Å². The molecule has 0 saturated carbocycles. The van der Waals surface area contributed by atoms with Gasteiger partial charge in [-0.25, -0.2) is 8.42 Å². The first-order valence-corrected chi connectivity index (χ1v) is 9.04. The SMILES string of the molecule is COCCN(C1CCSC1)S(=O)(=O)CCCCl. The van der Waals surface area contributed by atoms with Crippen molar-refractivity contribution in [1.29, 1.82) is 0 Å². The maximum Gasteiger partial charge on any atom is 0.214 e. The molecule has 17 heavy (non-hydrogen) atoms. The molecule has 1 aliphatic rings. The van der Waals surface area contributed by atoms with Crippen LogP contribution in [0.4, 0.5) is 0 Å². The van der Waals surface area contributed by atoms with Crippen molar-refractivity contribution < 1.29 is 13.2 Å². The van der Waals surface area contributed by atoms with Crippen molar-refractivity contribution in [2.45, 2.75) is 18.9 Å². The van der Waals surface area contributed by atoms with Gasteiger partial charge in [0.15, 0.2) is 0 Å². The first-order valence-electron chi connectivity index (χ1n) is 5.74. The van der Waals surface area contributed by atoms with Gasteiger partial charge in [0.2, 0.25) is 10.0 Å². The molecule has 0 bridgehead atoms. The fourth-order valence-corrected chi connectivity index (χ4v) is 5.17. The lowest BCUT2D eigenvalue weighted by molar-refractivity contribution is 0.169. The summed E-state index contributed by atoms with van der Waals surface area (Å²) < 4.78 is 31.0. The van der Waals surface area contributed by atoms with Gasteiger partial charge in [0.05, 0.1) is 12.4 Å². The first-order chi connectivity index (χ1) is 8.11. The van der Waals surface area contributed by atoms with E-state index in [-0.39, 0.29) is 11.8 Å². The third kappa shape index (κ3) is 4.95. The zero-order chi connectivity index (χ0) is 12.7. The molecule has 1 atom stereocenters.